The van der Waals surface area contributed by atoms with E-state index in [9.17, 15) is 35.7 Å². The first-order valence-corrected chi connectivity index (χ1v) is 7.08. The van der Waals surface area contributed by atoms with Crippen LogP contribution < -0.4 is 0 Å². The van der Waals surface area contributed by atoms with Crippen molar-refractivity contribution in [3.8, 4) is 0 Å². The number of rotatable bonds is 4. The Labute approximate surface area is 130 Å². The smallest absolute Gasteiger partial charge is 0.187 e. The number of hydrogen-bond donors (Lipinski definition) is 8. The van der Waals surface area contributed by atoms with E-state index in [1.54, 1.807) is 0 Å². The first-order valence-electron chi connectivity index (χ1n) is 7.08. The molecule has 4 unspecified atom stereocenters. The van der Waals surface area contributed by atoms with Crippen molar-refractivity contribution in [2.75, 3.05) is 13.2 Å². The van der Waals surface area contributed by atoms with Gasteiger partial charge in [-0.3, -0.25) is 0 Å². The van der Waals surface area contributed by atoms with E-state index in [0.717, 1.165) is 0 Å². The largest absolute Gasteiger partial charge is 0.394 e. The van der Waals surface area contributed by atoms with Gasteiger partial charge in [0, 0.05) is 0 Å². The predicted octanol–water partition coefficient (Wildman–Crippen LogP) is -5.40. The molecule has 0 aliphatic carbocycles. The lowest BCUT2D eigenvalue weighted by Gasteiger charge is -2.45. The molecule has 2 fully saturated rings. The Kier molecular flexibility index (Phi) is 6.27. The van der Waals surface area contributed by atoms with Crippen LogP contribution in [0.15, 0.2) is 0 Å². The Bertz CT molecular complexity index is 378. The van der Waals surface area contributed by atoms with Crippen LogP contribution in [0, 0.1) is 0 Å². The van der Waals surface area contributed by atoms with Gasteiger partial charge in [-0.25, -0.2) is 0 Å². The second-order valence-corrected chi connectivity index (χ2v) is 5.53. The Morgan fingerprint density at radius 3 is 1.83 bits per heavy atom. The van der Waals surface area contributed by atoms with Gasteiger partial charge in [0.2, 0.25) is 0 Å². The molecule has 2 rings (SSSR count). The molecule has 0 aromatic heterocycles. The zero-order chi connectivity index (χ0) is 17.3. The summed E-state index contributed by atoms with van der Waals surface area (Å²) in [6.45, 7) is -1.35. The second-order valence-electron chi connectivity index (χ2n) is 5.53. The molecule has 0 aromatic carbocycles. The molecule has 2 aliphatic rings. The standard InChI is InChI=1S/C12H22O11/c13-1-3-5(15)6(16)9(19)12(22-3)23-10-4(2-14)21-11(20)8(18)7(10)17/h3-20H,1-2H2/t3?,4-,5+,6?,7?,8?,9-,10+,11+,12-/m0/s1. The van der Waals surface area contributed by atoms with Crippen LogP contribution in [-0.2, 0) is 14.2 Å². The molecule has 0 bridgehead atoms. The predicted molar refractivity (Wildman–Crippen MR) is 68.6 cm³/mol. The average Bonchev–Trinajstić information content (AvgIpc) is 2.55. The molecule has 11 heteroatoms. The van der Waals surface area contributed by atoms with Crippen LogP contribution in [0.3, 0.4) is 0 Å². The molecule has 2 saturated heterocycles. The van der Waals surface area contributed by atoms with Gasteiger partial charge in [0.05, 0.1) is 13.2 Å². The third-order valence-corrected chi connectivity index (χ3v) is 3.98. The van der Waals surface area contributed by atoms with E-state index >= 15 is 0 Å². The van der Waals surface area contributed by atoms with Crippen LogP contribution in [0.1, 0.15) is 0 Å². The highest BCUT2D eigenvalue weighted by Gasteiger charge is 2.50. The van der Waals surface area contributed by atoms with Gasteiger partial charge in [0.25, 0.3) is 0 Å². The van der Waals surface area contributed by atoms with E-state index in [-0.39, 0.29) is 0 Å². The molecule has 8 N–H and O–H groups in total. The van der Waals surface area contributed by atoms with Crippen LogP contribution >= 0.6 is 0 Å². The molecule has 2 aliphatic heterocycles. The molecule has 0 aromatic rings. The van der Waals surface area contributed by atoms with Gasteiger partial charge in [-0.2, -0.15) is 0 Å². The first kappa shape index (κ1) is 18.9. The molecule has 11 nitrogen and oxygen atoms in total. The highest BCUT2D eigenvalue weighted by molar-refractivity contribution is 4.93. The zero-order valence-corrected chi connectivity index (χ0v) is 12.0. The summed E-state index contributed by atoms with van der Waals surface area (Å²) >= 11 is 0. The zero-order valence-electron chi connectivity index (χ0n) is 12.0. The van der Waals surface area contributed by atoms with Crippen LogP contribution in [0.5, 0.6) is 0 Å². The molecular formula is C12H22O11. The highest BCUT2D eigenvalue weighted by atomic mass is 16.7. The van der Waals surface area contributed by atoms with Gasteiger partial charge >= 0.3 is 0 Å². The monoisotopic (exact) mass is 342 g/mol. The minimum atomic E-state index is -1.74. The number of aliphatic hydroxyl groups is 8. The summed E-state index contributed by atoms with van der Waals surface area (Å²) < 4.78 is 15.3. The van der Waals surface area contributed by atoms with E-state index in [1.807, 2.05) is 0 Å². The van der Waals surface area contributed by atoms with E-state index in [2.05, 4.69) is 0 Å². The molecule has 136 valence electrons. The normalized spacial score (nSPS) is 51.7. The van der Waals surface area contributed by atoms with E-state index < -0.39 is 74.6 Å². The molecule has 2 heterocycles. The maximum absolute atomic E-state index is 9.94. The quantitative estimate of drug-likeness (QED) is 0.243. The SMILES string of the molecule is OCC1O[C@@H](O[C@H]2C(O)C(O)[C@H](O)O[C@H]2CO)[C@@H](O)C(O)[C@@H]1O. The van der Waals surface area contributed by atoms with Gasteiger partial charge in [0.1, 0.15) is 48.8 Å². The van der Waals surface area contributed by atoms with Crippen LogP contribution in [0.25, 0.3) is 0 Å². The summed E-state index contributed by atoms with van der Waals surface area (Å²) in [5.74, 6) is 0. The van der Waals surface area contributed by atoms with Crippen molar-refractivity contribution in [1.82, 2.24) is 0 Å². The van der Waals surface area contributed by atoms with Crippen LogP contribution in [0.2, 0.25) is 0 Å². The fourth-order valence-electron chi connectivity index (χ4n) is 2.57. The third kappa shape index (κ3) is 3.65. The third-order valence-electron chi connectivity index (χ3n) is 3.98. The van der Waals surface area contributed by atoms with Crippen molar-refractivity contribution in [3.63, 3.8) is 0 Å². The van der Waals surface area contributed by atoms with Crippen molar-refractivity contribution in [2.45, 2.75) is 61.4 Å². The lowest BCUT2D eigenvalue weighted by Crippen LogP contribution is -2.64. The van der Waals surface area contributed by atoms with Gasteiger partial charge in [0.15, 0.2) is 12.6 Å². The lowest BCUT2D eigenvalue weighted by molar-refractivity contribution is -0.355. The summed E-state index contributed by atoms with van der Waals surface area (Å²) in [4.78, 5) is 0. The molecule has 0 radical (unpaired) electrons. The molecule has 10 atom stereocenters. The van der Waals surface area contributed by atoms with Gasteiger partial charge in [-0.1, -0.05) is 0 Å². The summed E-state index contributed by atoms with van der Waals surface area (Å²) in [5.41, 5.74) is 0. The Hall–Kier alpha value is -0.440. The van der Waals surface area contributed by atoms with E-state index in [0.29, 0.717) is 0 Å². The Morgan fingerprint density at radius 2 is 1.26 bits per heavy atom. The maximum atomic E-state index is 9.94. The summed E-state index contributed by atoms with van der Waals surface area (Å²) in [5, 5.41) is 76.5. The topological polar surface area (TPSA) is 190 Å². The van der Waals surface area contributed by atoms with Crippen LogP contribution in [-0.4, -0.2) is 115 Å². The van der Waals surface area contributed by atoms with Crippen molar-refractivity contribution >= 4 is 0 Å². The molecule has 0 spiro atoms. The van der Waals surface area contributed by atoms with E-state index in [1.165, 1.54) is 0 Å². The average molecular weight is 342 g/mol. The van der Waals surface area contributed by atoms with Crippen molar-refractivity contribution < 1.29 is 55.1 Å². The minimum Gasteiger partial charge on any atom is -0.394 e. The molecule has 0 saturated carbocycles. The van der Waals surface area contributed by atoms with Gasteiger partial charge in [-0.15, -0.1) is 0 Å². The fraction of sp³-hybridized carbons (Fsp3) is 1.00. The van der Waals surface area contributed by atoms with E-state index in [4.69, 9.17) is 19.3 Å². The van der Waals surface area contributed by atoms with Crippen LogP contribution in [0.4, 0.5) is 0 Å². The summed E-state index contributed by atoms with van der Waals surface area (Å²) in [7, 11) is 0. The maximum Gasteiger partial charge on any atom is 0.187 e. The lowest BCUT2D eigenvalue weighted by atomic mass is 9.97. The molecule has 0 amide bonds. The van der Waals surface area contributed by atoms with Gasteiger partial charge < -0.3 is 55.1 Å². The highest BCUT2D eigenvalue weighted by Crippen LogP contribution is 2.28. The fourth-order valence-corrected chi connectivity index (χ4v) is 2.57. The number of hydrogen-bond acceptors (Lipinski definition) is 11. The van der Waals surface area contributed by atoms with Crippen molar-refractivity contribution in [1.29, 1.82) is 0 Å². The number of aliphatic hydroxyl groups excluding tert-OH is 8. The summed E-state index contributed by atoms with van der Waals surface area (Å²) in [6, 6.07) is 0. The summed E-state index contributed by atoms with van der Waals surface area (Å²) in [6.07, 6.45) is -15.6. The Balaban J connectivity index is 2.11. The Morgan fingerprint density at radius 1 is 0.652 bits per heavy atom. The van der Waals surface area contributed by atoms with Crippen molar-refractivity contribution in [3.05, 3.63) is 0 Å². The molecule has 23 heavy (non-hydrogen) atoms. The van der Waals surface area contributed by atoms with Gasteiger partial charge in [-0.05, 0) is 0 Å². The first-order chi connectivity index (χ1) is 10.8. The van der Waals surface area contributed by atoms with Crippen molar-refractivity contribution in [2.24, 2.45) is 0 Å². The second kappa shape index (κ2) is 7.63. The minimum absolute atomic E-state index is 0.667. The molecular weight excluding hydrogens is 320 g/mol. The number of ether oxygens (including phenoxy) is 3.